The first-order chi connectivity index (χ1) is 11.6. The molecular formula is C18H24N2O4. The second-order valence-electron chi connectivity index (χ2n) is 7.04. The number of hydrogen-bond donors (Lipinski definition) is 1. The third-order valence-electron chi connectivity index (χ3n) is 5.45. The highest BCUT2D eigenvalue weighted by Crippen LogP contribution is 2.30. The van der Waals surface area contributed by atoms with Gasteiger partial charge in [-0.25, -0.2) is 0 Å². The number of ether oxygens (including phenoxy) is 1. The number of hydrogen-bond acceptors (Lipinski definition) is 5. The fourth-order valence-electron chi connectivity index (χ4n) is 4.24. The van der Waals surface area contributed by atoms with Crippen molar-refractivity contribution in [3.63, 3.8) is 0 Å². The van der Waals surface area contributed by atoms with Crippen LogP contribution >= 0.6 is 0 Å². The van der Waals surface area contributed by atoms with Gasteiger partial charge < -0.3 is 14.5 Å². The number of rotatable bonds is 3. The molecule has 1 aromatic rings. The number of aryl methyl sites for hydroxylation is 2. The van der Waals surface area contributed by atoms with Gasteiger partial charge in [-0.05, 0) is 39.3 Å². The van der Waals surface area contributed by atoms with Crippen LogP contribution in [0, 0.1) is 6.92 Å². The fraction of sp³-hybridized carbons (Fsp3) is 0.667. The standard InChI is InChI=1S/C18H24N2O4/c1-11-16(17-14(21)5-4-6-15(17)24-11)18(22)19-12-9-23-10-13(12)20-7-2-3-8-20/h12-13H,2-10H2,1H3,(H,19,22)/t12-,13-/m1/s1. The number of amides is 1. The van der Waals surface area contributed by atoms with Gasteiger partial charge >= 0.3 is 0 Å². The summed E-state index contributed by atoms with van der Waals surface area (Å²) in [7, 11) is 0. The van der Waals surface area contributed by atoms with Crippen molar-refractivity contribution in [1.82, 2.24) is 10.2 Å². The molecule has 4 rings (SSSR count). The van der Waals surface area contributed by atoms with Crippen molar-refractivity contribution < 1.29 is 18.7 Å². The Morgan fingerprint density at radius 2 is 1.96 bits per heavy atom. The first kappa shape index (κ1) is 15.8. The van der Waals surface area contributed by atoms with Gasteiger partial charge in [-0.15, -0.1) is 0 Å². The summed E-state index contributed by atoms with van der Waals surface area (Å²) in [6.45, 7) is 5.09. The lowest BCUT2D eigenvalue weighted by Gasteiger charge is -2.28. The van der Waals surface area contributed by atoms with E-state index in [-0.39, 0.29) is 23.8 Å². The van der Waals surface area contributed by atoms with E-state index in [4.69, 9.17) is 9.15 Å². The number of likely N-dealkylation sites (tertiary alicyclic amines) is 1. The molecule has 24 heavy (non-hydrogen) atoms. The number of furan rings is 1. The summed E-state index contributed by atoms with van der Waals surface area (Å²) in [5, 5.41) is 3.10. The number of carbonyl (C=O) groups excluding carboxylic acids is 2. The first-order valence-electron chi connectivity index (χ1n) is 8.93. The van der Waals surface area contributed by atoms with Gasteiger partial charge in [0, 0.05) is 12.8 Å². The van der Waals surface area contributed by atoms with Gasteiger partial charge in [-0.1, -0.05) is 0 Å². The lowest BCUT2D eigenvalue weighted by Crippen LogP contribution is -2.50. The Morgan fingerprint density at radius 3 is 2.75 bits per heavy atom. The van der Waals surface area contributed by atoms with Crippen LogP contribution in [0.5, 0.6) is 0 Å². The molecule has 1 aliphatic carbocycles. The maximum absolute atomic E-state index is 12.9. The van der Waals surface area contributed by atoms with Gasteiger partial charge in [0.05, 0.1) is 36.4 Å². The Kier molecular flexibility index (Phi) is 4.18. The fourth-order valence-corrected chi connectivity index (χ4v) is 4.24. The van der Waals surface area contributed by atoms with Crippen LogP contribution in [0.15, 0.2) is 4.42 Å². The molecule has 6 heteroatoms. The van der Waals surface area contributed by atoms with E-state index >= 15 is 0 Å². The van der Waals surface area contributed by atoms with Crippen molar-refractivity contribution in [3.8, 4) is 0 Å². The minimum Gasteiger partial charge on any atom is -0.465 e. The molecule has 0 radical (unpaired) electrons. The zero-order chi connectivity index (χ0) is 16.7. The Hall–Kier alpha value is -1.66. The molecule has 0 bridgehead atoms. The van der Waals surface area contributed by atoms with Crippen molar-refractivity contribution in [2.75, 3.05) is 26.3 Å². The second-order valence-corrected chi connectivity index (χ2v) is 7.04. The molecule has 3 aliphatic rings. The Bertz CT molecular complexity index is 660. The molecule has 1 amide bonds. The SMILES string of the molecule is Cc1oc2c(c1C(=O)N[C@@H]1COC[C@H]1N1CCCC1)C(=O)CCC2. The van der Waals surface area contributed by atoms with Crippen LogP contribution < -0.4 is 5.32 Å². The van der Waals surface area contributed by atoms with Crippen molar-refractivity contribution in [3.05, 3.63) is 22.6 Å². The van der Waals surface area contributed by atoms with Gasteiger partial charge in [0.25, 0.3) is 5.91 Å². The second kappa shape index (κ2) is 6.33. The van der Waals surface area contributed by atoms with Gasteiger partial charge in [-0.2, -0.15) is 0 Å². The van der Waals surface area contributed by atoms with E-state index in [0.29, 0.717) is 42.3 Å². The quantitative estimate of drug-likeness (QED) is 0.912. The minimum atomic E-state index is -0.201. The highest BCUT2D eigenvalue weighted by atomic mass is 16.5. The molecule has 0 spiro atoms. The first-order valence-corrected chi connectivity index (χ1v) is 8.93. The highest BCUT2D eigenvalue weighted by molar-refractivity contribution is 6.10. The summed E-state index contributed by atoms with van der Waals surface area (Å²) >= 11 is 0. The van der Waals surface area contributed by atoms with E-state index in [1.165, 1.54) is 12.8 Å². The molecule has 130 valence electrons. The predicted octanol–water partition coefficient (Wildman–Crippen LogP) is 1.70. The lowest BCUT2D eigenvalue weighted by molar-refractivity contribution is 0.0900. The highest BCUT2D eigenvalue weighted by Gasteiger charge is 2.37. The van der Waals surface area contributed by atoms with E-state index < -0.39 is 0 Å². The number of fused-ring (bicyclic) bond motifs is 1. The zero-order valence-electron chi connectivity index (χ0n) is 14.1. The summed E-state index contributed by atoms with van der Waals surface area (Å²) in [6.07, 6.45) is 4.45. The van der Waals surface area contributed by atoms with Crippen LogP contribution in [0.1, 0.15) is 57.9 Å². The summed E-state index contributed by atoms with van der Waals surface area (Å²) < 4.78 is 11.3. The maximum atomic E-state index is 12.9. The normalized spacial score (nSPS) is 27.5. The lowest BCUT2D eigenvalue weighted by atomic mass is 9.93. The summed E-state index contributed by atoms with van der Waals surface area (Å²) in [4.78, 5) is 27.5. The molecular weight excluding hydrogens is 308 g/mol. The number of ketones is 1. The molecule has 0 saturated carbocycles. The smallest absolute Gasteiger partial charge is 0.255 e. The van der Waals surface area contributed by atoms with Crippen molar-refractivity contribution in [1.29, 1.82) is 0 Å². The number of carbonyl (C=O) groups is 2. The van der Waals surface area contributed by atoms with Gasteiger partial charge in [0.2, 0.25) is 0 Å². The molecule has 6 nitrogen and oxygen atoms in total. The van der Waals surface area contributed by atoms with Crippen LogP contribution in [0.2, 0.25) is 0 Å². The van der Waals surface area contributed by atoms with E-state index in [2.05, 4.69) is 10.2 Å². The summed E-state index contributed by atoms with van der Waals surface area (Å²) in [6, 6.07) is 0.203. The van der Waals surface area contributed by atoms with Crippen LogP contribution in [-0.2, 0) is 11.2 Å². The Balaban J connectivity index is 1.54. The van der Waals surface area contributed by atoms with Crippen molar-refractivity contribution in [2.24, 2.45) is 0 Å². The molecule has 0 aromatic carbocycles. The van der Waals surface area contributed by atoms with Gasteiger partial charge in [-0.3, -0.25) is 14.5 Å². The van der Waals surface area contributed by atoms with E-state index in [0.717, 1.165) is 25.9 Å². The molecule has 2 fully saturated rings. The van der Waals surface area contributed by atoms with Crippen LogP contribution in [-0.4, -0.2) is 55.0 Å². The maximum Gasteiger partial charge on any atom is 0.255 e. The van der Waals surface area contributed by atoms with Crippen LogP contribution in [0.25, 0.3) is 0 Å². The van der Waals surface area contributed by atoms with E-state index in [1.807, 2.05) is 0 Å². The third-order valence-corrected chi connectivity index (χ3v) is 5.45. The van der Waals surface area contributed by atoms with E-state index in [1.54, 1.807) is 6.92 Å². The third kappa shape index (κ3) is 2.67. The van der Waals surface area contributed by atoms with E-state index in [9.17, 15) is 9.59 Å². The molecule has 3 heterocycles. The molecule has 0 unspecified atom stereocenters. The number of Topliss-reactive ketones (excluding diaryl/α,β-unsaturated/α-hetero) is 1. The predicted molar refractivity (Wildman–Crippen MR) is 87.4 cm³/mol. The molecule has 1 aromatic heterocycles. The minimum absolute atomic E-state index is 0.0250. The Labute approximate surface area is 141 Å². The average Bonchev–Trinajstić information content (AvgIpc) is 3.25. The van der Waals surface area contributed by atoms with Crippen molar-refractivity contribution >= 4 is 11.7 Å². The summed E-state index contributed by atoms with van der Waals surface area (Å²) in [5.74, 6) is 1.04. The molecule has 2 atom stereocenters. The number of nitrogens with zero attached hydrogens (tertiary/aromatic N) is 1. The molecule has 2 saturated heterocycles. The summed E-state index contributed by atoms with van der Waals surface area (Å²) in [5.41, 5.74) is 0.939. The van der Waals surface area contributed by atoms with Crippen LogP contribution in [0.4, 0.5) is 0 Å². The largest absolute Gasteiger partial charge is 0.465 e. The monoisotopic (exact) mass is 332 g/mol. The topological polar surface area (TPSA) is 71.8 Å². The molecule has 1 N–H and O–H groups in total. The van der Waals surface area contributed by atoms with Gasteiger partial charge in [0.1, 0.15) is 11.5 Å². The van der Waals surface area contributed by atoms with Crippen LogP contribution in [0.3, 0.4) is 0 Å². The average molecular weight is 332 g/mol. The molecule has 2 aliphatic heterocycles. The Morgan fingerprint density at radius 1 is 1.17 bits per heavy atom. The number of nitrogens with one attached hydrogen (secondary N) is 1. The zero-order valence-corrected chi connectivity index (χ0v) is 14.1. The van der Waals surface area contributed by atoms with Gasteiger partial charge in [0.15, 0.2) is 5.78 Å². The van der Waals surface area contributed by atoms with Crippen molar-refractivity contribution in [2.45, 2.75) is 51.1 Å².